The van der Waals surface area contributed by atoms with Gasteiger partial charge in [0.05, 0.1) is 16.7 Å². The van der Waals surface area contributed by atoms with Gasteiger partial charge in [-0.05, 0) is 43.4 Å². The Kier molecular flexibility index (Phi) is 7.64. The number of hydrogen-bond acceptors (Lipinski definition) is 3. The Balaban J connectivity index is 2.18. The average molecular weight is 360 g/mol. The molecule has 0 heterocycles. The SMILES string of the molecule is COCCCC(NCCOC)C1(c2ccc(Cl)c(Cl)c2)CCC1. The minimum absolute atomic E-state index is 0.149. The normalized spacial score (nSPS) is 17.7. The van der Waals surface area contributed by atoms with Gasteiger partial charge in [-0.2, -0.15) is 0 Å². The second-order valence-electron chi connectivity index (χ2n) is 6.27. The Hall–Kier alpha value is -0.320. The van der Waals surface area contributed by atoms with Gasteiger partial charge in [-0.3, -0.25) is 0 Å². The summed E-state index contributed by atoms with van der Waals surface area (Å²) in [5.41, 5.74) is 1.45. The number of ether oxygens (including phenoxy) is 2. The maximum Gasteiger partial charge on any atom is 0.0595 e. The summed E-state index contributed by atoms with van der Waals surface area (Å²) in [4.78, 5) is 0. The summed E-state index contributed by atoms with van der Waals surface area (Å²) in [6, 6.07) is 6.50. The Morgan fingerprint density at radius 1 is 1.13 bits per heavy atom. The monoisotopic (exact) mass is 359 g/mol. The Bertz CT molecular complexity index is 482. The van der Waals surface area contributed by atoms with Crippen LogP contribution in [0.2, 0.25) is 10.0 Å². The van der Waals surface area contributed by atoms with E-state index in [1.54, 1.807) is 14.2 Å². The zero-order valence-electron chi connectivity index (χ0n) is 14.0. The molecule has 1 N–H and O–H groups in total. The average Bonchev–Trinajstić information content (AvgIpc) is 2.49. The van der Waals surface area contributed by atoms with E-state index >= 15 is 0 Å². The van der Waals surface area contributed by atoms with Gasteiger partial charge < -0.3 is 14.8 Å². The van der Waals surface area contributed by atoms with Crippen molar-refractivity contribution >= 4 is 23.2 Å². The molecule has 0 saturated heterocycles. The molecule has 0 aliphatic heterocycles. The van der Waals surface area contributed by atoms with Crippen LogP contribution in [-0.4, -0.2) is 40.0 Å². The van der Waals surface area contributed by atoms with E-state index in [4.69, 9.17) is 32.7 Å². The maximum atomic E-state index is 6.27. The van der Waals surface area contributed by atoms with Crippen LogP contribution in [0.15, 0.2) is 18.2 Å². The lowest BCUT2D eigenvalue weighted by molar-refractivity contribution is 0.129. The van der Waals surface area contributed by atoms with Crippen LogP contribution in [0.4, 0.5) is 0 Å². The predicted molar refractivity (Wildman–Crippen MR) is 96.8 cm³/mol. The van der Waals surface area contributed by atoms with Crippen molar-refractivity contribution in [2.45, 2.75) is 43.6 Å². The summed E-state index contributed by atoms with van der Waals surface area (Å²) in [5.74, 6) is 0. The van der Waals surface area contributed by atoms with Crippen LogP contribution in [0.3, 0.4) is 0 Å². The van der Waals surface area contributed by atoms with Crippen molar-refractivity contribution in [1.29, 1.82) is 0 Å². The number of rotatable bonds is 10. The first-order chi connectivity index (χ1) is 11.1. The molecule has 1 unspecified atom stereocenters. The van der Waals surface area contributed by atoms with Crippen molar-refractivity contribution < 1.29 is 9.47 Å². The van der Waals surface area contributed by atoms with Crippen molar-refractivity contribution in [2.75, 3.05) is 34.0 Å². The van der Waals surface area contributed by atoms with Gasteiger partial charge in [0.15, 0.2) is 0 Å². The van der Waals surface area contributed by atoms with E-state index in [0.29, 0.717) is 16.1 Å². The second-order valence-corrected chi connectivity index (χ2v) is 7.09. The Morgan fingerprint density at radius 2 is 1.87 bits per heavy atom. The zero-order valence-corrected chi connectivity index (χ0v) is 15.6. The zero-order chi connectivity index (χ0) is 16.7. The van der Waals surface area contributed by atoms with E-state index in [0.717, 1.165) is 32.6 Å². The van der Waals surface area contributed by atoms with Gasteiger partial charge in [0.2, 0.25) is 0 Å². The predicted octanol–water partition coefficient (Wildman–Crippen LogP) is 4.45. The molecule has 23 heavy (non-hydrogen) atoms. The molecule has 130 valence electrons. The summed E-state index contributed by atoms with van der Waals surface area (Å²) in [7, 11) is 3.49. The lowest BCUT2D eigenvalue weighted by Crippen LogP contribution is -2.53. The molecule has 3 nitrogen and oxygen atoms in total. The molecule has 1 aromatic carbocycles. The highest BCUT2D eigenvalue weighted by Crippen LogP contribution is 2.48. The highest BCUT2D eigenvalue weighted by Gasteiger charge is 2.45. The molecule has 0 aromatic heterocycles. The summed E-state index contributed by atoms with van der Waals surface area (Å²) in [6.45, 7) is 2.37. The topological polar surface area (TPSA) is 30.5 Å². The molecule has 2 rings (SSSR count). The van der Waals surface area contributed by atoms with Gasteiger partial charge in [-0.15, -0.1) is 0 Å². The number of methoxy groups -OCH3 is 2. The van der Waals surface area contributed by atoms with Crippen LogP contribution >= 0.6 is 23.2 Å². The van der Waals surface area contributed by atoms with Gasteiger partial charge >= 0.3 is 0 Å². The molecule has 1 aliphatic carbocycles. The van der Waals surface area contributed by atoms with Crippen molar-refractivity contribution in [3.8, 4) is 0 Å². The molecule has 0 bridgehead atoms. The molecule has 0 radical (unpaired) electrons. The lowest BCUT2D eigenvalue weighted by atomic mass is 9.59. The molecule has 1 fully saturated rings. The van der Waals surface area contributed by atoms with Gasteiger partial charge in [0.25, 0.3) is 0 Å². The second kappa shape index (κ2) is 9.24. The van der Waals surface area contributed by atoms with Crippen LogP contribution in [-0.2, 0) is 14.9 Å². The van der Waals surface area contributed by atoms with E-state index in [1.807, 2.05) is 12.1 Å². The third kappa shape index (κ3) is 4.61. The molecule has 1 saturated carbocycles. The highest BCUT2D eigenvalue weighted by atomic mass is 35.5. The number of benzene rings is 1. The van der Waals surface area contributed by atoms with Gasteiger partial charge in [-0.25, -0.2) is 0 Å². The lowest BCUT2D eigenvalue weighted by Gasteiger charge is -2.49. The van der Waals surface area contributed by atoms with Crippen LogP contribution in [0.1, 0.15) is 37.7 Å². The summed E-state index contributed by atoms with van der Waals surface area (Å²) in [5, 5.41) is 4.96. The van der Waals surface area contributed by atoms with Crippen molar-refractivity contribution in [3.05, 3.63) is 33.8 Å². The first-order valence-electron chi connectivity index (χ1n) is 8.31. The van der Waals surface area contributed by atoms with E-state index < -0.39 is 0 Å². The van der Waals surface area contributed by atoms with Crippen LogP contribution in [0, 0.1) is 0 Å². The van der Waals surface area contributed by atoms with Crippen molar-refractivity contribution in [3.63, 3.8) is 0 Å². The third-order valence-corrected chi connectivity index (χ3v) is 5.68. The van der Waals surface area contributed by atoms with Gasteiger partial charge in [-0.1, -0.05) is 35.7 Å². The molecule has 1 aliphatic rings. The molecular formula is C18H27Cl2NO2. The fourth-order valence-corrected chi connectivity index (χ4v) is 3.84. The third-order valence-electron chi connectivity index (χ3n) is 4.95. The number of nitrogens with one attached hydrogen (secondary N) is 1. The van der Waals surface area contributed by atoms with E-state index in [-0.39, 0.29) is 5.41 Å². The fourth-order valence-electron chi connectivity index (χ4n) is 3.54. The first-order valence-corrected chi connectivity index (χ1v) is 9.06. The largest absolute Gasteiger partial charge is 0.385 e. The quantitative estimate of drug-likeness (QED) is 0.626. The van der Waals surface area contributed by atoms with Crippen molar-refractivity contribution in [1.82, 2.24) is 5.32 Å². The summed E-state index contributed by atoms with van der Waals surface area (Å²) < 4.78 is 10.4. The van der Waals surface area contributed by atoms with E-state index in [1.165, 1.54) is 24.8 Å². The number of hydrogen-bond donors (Lipinski definition) is 1. The summed E-state index contributed by atoms with van der Waals surface area (Å²) >= 11 is 12.4. The van der Waals surface area contributed by atoms with Crippen molar-refractivity contribution in [2.24, 2.45) is 0 Å². The number of halogens is 2. The minimum Gasteiger partial charge on any atom is -0.385 e. The minimum atomic E-state index is 0.149. The molecule has 0 spiro atoms. The molecule has 0 amide bonds. The Labute approximate surface area is 149 Å². The molecule has 5 heteroatoms. The van der Waals surface area contributed by atoms with E-state index in [2.05, 4.69) is 11.4 Å². The molecular weight excluding hydrogens is 333 g/mol. The first kappa shape index (κ1) is 19.0. The van der Waals surface area contributed by atoms with E-state index in [9.17, 15) is 0 Å². The van der Waals surface area contributed by atoms with Crippen LogP contribution in [0.25, 0.3) is 0 Å². The van der Waals surface area contributed by atoms with Crippen LogP contribution < -0.4 is 5.32 Å². The Morgan fingerprint density at radius 3 is 2.43 bits per heavy atom. The summed E-state index contributed by atoms with van der Waals surface area (Å²) in [6.07, 6.45) is 5.75. The van der Waals surface area contributed by atoms with Gasteiger partial charge in [0, 0.05) is 38.8 Å². The van der Waals surface area contributed by atoms with Crippen LogP contribution in [0.5, 0.6) is 0 Å². The fraction of sp³-hybridized carbons (Fsp3) is 0.667. The maximum absolute atomic E-state index is 6.27. The smallest absolute Gasteiger partial charge is 0.0595 e. The molecule has 1 aromatic rings. The molecule has 1 atom stereocenters. The highest BCUT2D eigenvalue weighted by molar-refractivity contribution is 6.42. The van der Waals surface area contributed by atoms with Gasteiger partial charge in [0.1, 0.15) is 0 Å². The standard InChI is InChI=1S/C18H27Cl2NO2/c1-22-11-3-5-17(21-10-12-23-2)18(8-4-9-18)14-6-7-15(19)16(20)13-14/h6-7,13,17,21H,3-5,8-12H2,1-2H3.